The fraction of sp³-hybridized carbons (Fsp3) is 0. The summed E-state index contributed by atoms with van der Waals surface area (Å²) in [4.78, 5) is 2.32. The second-order valence-corrected chi connectivity index (χ2v) is 15.4. The molecule has 1 heterocycles. The van der Waals surface area contributed by atoms with Gasteiger partial charge in [0.25, 0.3) is 0 Å². The lowest BCUT2D eigenvalue weighted by molar-refractivity contribution is 1.30. The van der Waals surface area contributed by atoms with E-state index in [2.05, 4.69) is 187 Å². The van der Waals surface area contributed by atoms with Crippen LogP contribution in [-0.4, -0.2) is 0 Å². The Labute approximate surface area is 328 Å². The molecule has 0 bridgehead atoms. The number of para-hydroxylation sites is 1. The van der Waals surface area contributed by atoms with Crippen LogP contribution in [0.4, 0.5) is 17.1 Å². The van der Waals surface area contributed by atoms with Gasteiger partial charge in [-0.3, -0.25) is 0 Å². The fourth-order valence-corrected chi connectivity index (χ4v) is 9.88. The van der Waals surface area contributed by atoms with Crippen molar-refractivity contribution < 1.29 is 0 Å². The smallest absolute Gasteiger partial charge is 0.0998 e. The SMILES string of the molecule is N#Cc1ccc(N(c2ccccc2)c2ccc3sc4ccc(-c5c6ccccc6c(-c6cccc7ccccc67)c6ccccc56)cc4c3c2)c2ccccc12. The first-order chi connectivity index (χ1) is 27.7. The molecule has 0 N–H and O–H groups in total. The van der Waals surface area contributed by atoms with Crippen LogP contribution in [0.15, 0.2) is 194 Å². The summed E-state index contributed by atoms with van der Waals surface area (Å²) in [6.07, 6.45) is 0. The fourth-order valence-electron chi connectivity index (χ4n) is 8.81. The molecule has 0 saturated carbocycles. The van der Waals surface area contributed by atoms with Crippen LogP contribution in [0.2, 0.25) is 0 Å². The lowest BCUT2D eigenvalue weighted by atomic mass is 9.84. The van der Waals surface area contributed by atoms with Gasteiger partial charge in [-0.15, -0.1) is 11.3 Å². The quantitative estimate of drug-likeness (QED) is 0.165. The van der Waals surface area contributed by atoms with E-state index >= 15 is 0 Å². The standard InChI is InChI=1S/C53H32N2S/c54-33-36-25-28-49(41-19-7-6-18-40(36)41)55(37-15-2-1-3-16-37)38-27-30-51-48(32-38)47-31-35(26-29-50(47)56-51)52-43-20-8-10-22-45(43)53(46-23-11-9-21-44(46)52)42-24-12-14-34-13-4-5-17-39(34)42/h1-32H. The first-order valence-corrected chi connectivity index (χ1v) is 19.7. The third kappa shape index (κ3) is 5.01. The van der Waals surface area contributed by atoms with Crippen LogP contribution in [0, 0.1) is 11.3 Å². The van der Waals surface area contributed by atoms with Gasteiger partial charge in [-0.1, -0.05) is 140 Å². The molecule has 0 aliphatic rings. The molecule has 11 aromatic rings. The van der Waals surface area contributed by atoms with E-state index in [1.54, 1.807) is 0 Å². The zero-order valence-electron chi connectivity index (χ0n) is 30.3. The normalized spacial score (nSPS) is 11.6. The van der Waals surface area contributed by atoms with Crippen LogP contribution in [0.3, 0.4) is 0 Å². The molecule has 2 nitrogen and oxygen atoms in total. The molecule has 0 spiro atoms. The number of fused-ring (bicyclic) bond motifs is 7. The van der Waals surface area contributed by atoms with Crippen molar-refractivity contribution in [3.63, 3.8) is 0 Å². The number of thiophene rings is 1. The molecule has 1 aromatic heterocycles. The molecular weight excluding hydrogens is 697 g/mol. The highest BCUT2D eigenvalue weighted by Crippen LogP contribution is 2.48. The average Bonchev–Trinajstić information content (AvgIpc) is 3.63. The highest BCUT2D eigenvalue weighted by atomic mass is 32.1. The molecule has 0 aliphatic carbocycles. The van der Waals surface area contributed by atoms with Crippen LogP contribution in [-0.2, 0) is 0 Å². The molecule has 0 unspecified atom stereocenters. The van der Waals surface area contributed by atoms with Crippen LogP contribution >= 0.6 is 11.3 Å². The van der Waals surface area contributed by atoms with Crippen LogP contribution in [0.5, 0.6) is 0 Å². The molecular formula is C53H32N2S. The lowest BCUT2D eigenvalue weighted by Gasteiger charge is -2.27. The highest BCUT2D eigenvalue weighted by Gasteiger charge is 2.21. The molecule has 3 heteroatoms. The van der Waals surface area contributed by atoms with Crippen LogP contribution in [0.1, 0.15) is 5.56 Å². The molecule has 0 saturated heterocycles. The maximum absolute atomic E-state index is 9.96. The van der Waals surface area contributed by atoms with Crippen LogP contribution < -0.4 is 4.90 Å². The Bertz CT molecular complexity index is 3330. The molecule has 0 amide bonds. The van der Waals surface area contributed by atoms with E-state index in [0.29, 0.717) is 5.56 Å². The molecule has 56 heavy (non-hydrogen) atoms. The topological polar surface area (TPSA) is 27.0 Å². The van der Waals surface area contributed by atoms with Crippen LogP contribution in [0.25, 0.3) is 85.5 Å². The van der Waals surface area contributed by atoms with Crippen molar-refractivity contribution in [2.75, 3.05) is 4.90 Å². The summed E-state index contributed by atoms with van der Waals surface area (Å²) in [5, 5.41) is 21.9. The molecule has 0 fully saturated rings. The zero-order valence-corrected chi connectivity index (χ0v) is 31.1. The minimum atomic E-state index is 0.675. The largest absolute Gasteiger partial charge is 0.310 e. The van der Waals surface area contributed by atoms with E-state index in [4.69, 9.17) is 0 Å². The second kappa shape index (κ2) is 13.0. The summed E-state index contributed by atoms with van der Waals surface area (Å²) < 4.78 is 2.51. The Hall–Kier alpha value is -7.25. The number of hydrogen-bond donors (Lipinski definition) is 0. The number of rotatable bonds is 5. The van der Waals surface area contributed by atoms with Gasteiger partial charge in [0.15, 0.2) is 0 Å². The Kier molecular flexibility index (Phi) is 7.45. The monoisotopic (exact) mass is 728 g/mol. The first kappa shape index (κ1) is 32.2. The van der Waals surface area contributed by atoms with Gasteiger partial charge in [0.2, 0.25) is 0 Å². The summed E-state index contributed by atoms with van der Waals surface area (Å²) in [6.45, 7) is 0. The van der Waals surface area contributed by atoms with Crippen molar-refractivity contribution in [3.05, 3.63) is 200 Å². The van der Waals surface area contributed by atoms with E-state index in [9.17, 15) is 5.26 Å². The van der Waals surface area contributed by atoms with Gasteiger partial charge >= 0.3 is 0 Å². The molecule has 0 aliphatic heterocycles. The second-order valence-electron chi connectivity index (χ2n) is 14.3. The summed E-state index contributed by atoms with van der Waals surface area (Å²) >= 11 is 1.84. The molecule has 10 aromatic carbocycles. The van der Waals surface area contributed by atoms with Crippen molar-refractivity contribution in [2.24, 2.45) is 0 Å². The van der Waals surface area contributed by atoms with Crippen molar-refractivity contribution in [1.82, 2.24) is 0 Å². The predicted molar refractivity (Wildman–Crippen MR) is 240 cm³/mol. The van der Waals surface area contributed by atoms with Crippen molar-refractivity contribution in [3.8, 4) is 28.3 Å². The third-order valence-electron chi connectivity index (χ3n) is 11.3. The van der Waals surface area contributed by atoms with E-state index in [0.717, 1.165) is 27.8 Å². The van der Waals surface area contributed by atoms with E-state index in [-0.39, 0.29) is 0 Å². The highest BCUT2D eigenvalue weighted by molar-refractivity contribution is 7.25. The summed E-state index contributed by atoms with van der Waals surface area (Å²) in [5.41, 5.74) is 8.84. The summed E-state index contributed by atoms with van der Waals surface area (Å²) in [6, 6.07) is 72.2. The number of benzene rings is 10. The van der Waals surface area contributed by atoms with E-state index in [1.165, 1.54) is 74.7 Å². The van der Waals surface area contributed by atoms with Gasteiger partial charge in [0, 0.05) is 42.3 Å². The van der Waals surface area contributed by atoms with Gasteiger partial charge in [-0.25, -0.2) is 0 Å². The van der Waals surface area contributed by atoms with Gasteiger partial charge in [0.1, 0.15) is 0 Å². The minimum Gasteiger partial charge on any atom is -0.310 e. The summed E-state index contributed by atoms with van der Waals surface area (Å²) in [5.74, 6) is 0. The third-order valence-corrected chi connectivity index (χ3v) is 12.4. The first-order valence-electron chi connectivity index (χ1n) is 18.9. The van der Waals surface area contributed by atoms with E-state index in [1.807, 2.05) is 29.5 Å². The molecule has 260 valence electrons. The van der Waals surface area contributed by atoms with Crippen molar-refractivity contribution >= 4 is 91.7 Å². The molecule has 0 radical (unpaired) electrons. The number of anilines is 3. The molecule has 0 atom stereocenters. The minimum absolute atomic E-state index is 0.675. The molecule has 11 rings (SSSR count). The lowest BCUT2D eigenvalue weighted by Crippen LogP contribution is -2.10. The van der Waals surface area contributed by atoms with E-state index < -0.39 is 0 Å². The average molecular weight is 729 g/mol. The maximum Gasteiger partial charge on any atom is 0.0998 e. The Balaban J connectivity index is 1.14. The Morgan fingerprint density at radius 2 is 0.964 bits per heavy atom. The zero-order chi connectivity index (χ0) is 37.2. The van der Waals surface area contributed by atoms with Crippen molar-refractivity contribution in [1.29, 1.82) is 5.26 Å². The Morgan fingerprint density at radius 1 is 0.393 bits per heavy atom. The number of nitriles is 1. The van der Waals surface area contributed by atoms with Gasteiger partial charge < -0.3 is 4.90 Å². The van der Waals surface area contributed by atoms with Crippen molar-refractivity contribution in [2.45, 2.75) is 0 Å². The predicted octanol–water partition coefficient (Wildman–Crippen LogP) is 15.3. The maximum atomic E-state index is 9.96. The van der Waals surface area contributed by atoms with Gasteiger partial charge in [-0.05, 0) is 109 Å². The number of hydrogen-bond acceptors (Lipinski definition) is 3. The Morgan fingerprint density at radius 3 is 1.68 bits per heavy atom. The number of nitrogens with zero attached hydrogens (tertiary/aromatic N) is 2. The van der Waals surface area contributed by atoms with Gasteiger partial charge in [0.05, 0.1) is 17.3 Å². The summed E-state index contributed by atoms with van der Waals surface area (Å²) in [7, 11) is 0. The van der Waals surface area contributed by atoms with Gasteiger partial charge in [-0.2, -0.15) is 5.26 Å².